The van der Waals surface area contributed by atoms with E-state index in [1.807, 2.05) is 0 Å². The Labute approximate surface area is 148 Å². The van der Waals surface area contributed by atoms with Gasteiger partial charge in [0.15, 0.2) is 9.84 Å². The van der Waals surface area contributed by atoms with E-state index in [4.69, 9.17) is 9.26 Å². The lowest BCUT2D eigenvalue weighted by atomic mass is 10.2. The predicted molar refractivity (Wildman–Crippen MR) is 90.8 cm³/mol. The minimum absolute atomic E-state index is 0.0643. The Morgan fingerprint density at radius 2 is 1.85 bits per heavy atom. The molecule has 0 spiro atoms. The fraction of sp³-hybridized carbons (Fsp3) is 0.125. The van der Waals surface area contributed by atoms with Crippen molar-refractivity contribution >= 4 is 15.5 Å². The second-order valence-electron chi connectivity index (χ2n) is 5.42. The smallest absolute Gasteiger partial charge is 0.312 e. The highest BCUT2D eigenvalue weighted by atomic mass is 32.2. The number of nitro benzene ring substituents is 1. The first-order valence-electron chi connectivity index (χ1n) is 7.31. The molecule has 0 saturated carbocycles. The number of hydrogen-bond acceptors (Lipinski definition) is 8. The largest absolute Gasteiger partial charge is 0.450 e. The first-order valence-corrected chi connectivity index (χ1v) is 9.20. The molecule has 1 heterocycles. The van der Waals surface area contributed by atoms with Crippen LogP contribution in [0.15, 0.2) is 51.9 Å². The summed E-state index contributed by atoms with van der Waals surface area (Å²) in [5.74, 6) is 1.12. The summed E-state index contributed by atoms with van der Waals surface area (Å²) in [5.41, 5.74) is 0.252. The van der Waals surface area contributed by atoms with Crippen LogP contribution in [0, 0.1) is 17.0 Å². The molecule has 0 saturated heterocycles. The molecule has 0 aliphatic heterocycles. The van der Waals surface area contributed by atoms with Crippen LogP contribution in [0.5, 0.6) is 11.5 Å². The van der Waals surface area contributed by atoms with Gasteiger partial charge in [0.2, 0.25) is 17.5 Å². The third-order valence-corrected chi connectivity index (χ3v) is 4.53. The van der Waals surface area contributed by atoms with Gasteiger partial charge in [-0.05, 0) is 36.4 Å². The van der Waals surface area contributed by atoms with E-state index in [2.05, 4.69) is 10.1 Å². The van der Waals surface area contributed by atoms with Crippen molar-refractivity contribution in [2.45, 2.75) is 11.8 Å². The molecule has 0 aliphatic carbocycles. The summed E-state index contributed by atoms with van der Waals surface area (Å²) in [6.45, 7) is 1.67. The molecule has 2 aromatic carbocycles. The van der Waals surface area contributed by atoms with Crippen LogP contribution in [0.2, 0.25) is 0 Å². The Morgan fingerprint density at radius 3 is 2.38 bits per heavy atom. The van der Waals surface area contributed by atoms with Gasteiger partial charge in [-0.2, -0.15) is 4.98 Å². The van der Waals surface area contributed by atoms with Crippen molar-refractivity contribution < 1.29 is 22.6 Å². The number of aromatic nitrogens is 2. The number of benzene rings is 2. The molecule has 3 rings (SSSR count). The van der Waals surface area contributed by atoms with E-state index in [9.17, 15) is 18.5 Å². The van der Waals surface area contributed by atoms with Crippen LogP contribution < -0.4 is 4.74 Å². The number of hydrogen-bond donors (Lipinski definition) is 0. The summed E-state index contributed by atoms with van der Waals surface area (Å²) >= 11 is 0. The zero-order valence-electron chi connectivity index (χ0n) is 13.7. The molecular weight excluding hydrogens is 362 g/mol. The maximum atomic E-state index is 11.6. The Bertz CT molecular complexity index is 1070. The Morgan fingerprint density at radius 1 is 1.15 bits per heavy atom. The molecule has 10 heteroatoms. The maximum absolute atomic E-state index is 11.6. The summed E-state index contributed by atoms with van der Waals surface area (Å²) in [4.78, 5) is 14.5. The average Bonchev–Trinajstić information content (AvgIpc) is 3.01. The van der Waals surface area contributed by atoms with Crippen molar-refractivity contribution in [3.05, 3.63) is 58.5 Å². The molecule has 1 aromatic heterocycles. The molecule has 0 atom stereocenters. The second kappa shape index (κ2) is 6.56. The molecule has 26 heavy (non-hydrogen) atoms. The third kappa shape index (κ3) is 3.70. The van der Waals surface area contributed by atoms with Crippen LogP contribution in [0.3, 0.4) is 0 Å². The molecule has 0 aliphatic rings. The molecule has 0 N–H and O–H groups in total. The summed E-state index contributed by atoms with van der Waals surface area (Å²) in [6.07, 6.45) is 0.977. The van der Waals surface area contributed by atoms with Crippen LogP contribution in [-0.2, 0) is 9.84 Å². The number of sulfone groups is 1. The number of nitrogens with zero attached hydrogens (tertiary/aromatic N) is 3. The molecule has 134 valence electrons. The monoisotopic (exact) mass is 375 g/mol. The van der Waals surface area contributed by atoms with Crippen molar-refractivity contribution in [3.8, 4) is 22.9 Å². The summed E-state index contributed by atoms with van der Waals surface area (Å²) < 4.78 is 33.6. The fourth-order valence-corrected chi connectivity index (χ4v) is 2.81. The molecule has 0 unspecified atom stereocenters. The van der Waals surface area contributed by atoms with Crippen molar-refractivity contribution in [3.63, 3.8) is 0 Å². The first kappa shape index (κ1) is 17.5. The summed E-state index contributed by atoms with van der Waals surface area (Å²) in [5, 5.41) is 15.0. The van der Waals surface area contributed by atoms with Crippen LogP contribution in [-0.4, -0.2) is 29.7 Å². The van der Waals surface area contributed by atoms with Crippen molar-refractivity contribution in [2.24, 2.45) is 0 Å². The standard InChI is InChI=1S/C16H13N3O6S/c1-10-17-16(18-25-10)11-3-5-12(6-4-11)24-15-8-7-13(26(2,22)23)9-14(15)19(20)21/h3-9H,1-2H3. The van der Waals surface area contributed by atoms with E-state index in [1.165, 1.54) is 12.1 Å². The third-order valence-electron chi connectivity index (χ3n) is 3.42. The Hall–Kier alpha value is -3.27. The van der Waals surface area contributed by atoms with Gasteiger partial charge >= 0.3 is 5.69 Å². The topological polar surface area (TPSA) is 125 Å². The van der Waals surface area contributed by atoms with E-state index in [-0.39, 0.29) is 10.6 Å². The predicted octanol–water partition coefficient (Wildman–Crippen LogP) is 3.15. The van der Waals surface area contributed by atoms with Gasteiger partial charge in [0.25, 0.3) is 0 Å². The van der Waals surface area contributed by atoms with Gasteiger partial charge in [-0.25, -0.2) is 8.42 Å². The van der Waals surface area contributed by atoms with Gasteiger partial charge < -0.3 is 9.26 Å². The normalized spacial score (nSPS) is 11.3. The minimum atomic E-state index is -3.57. The Kier molecular flexibility index (Phi) is 4.43. The van der Waals surface area contributed by atoms with Crippen LogP contribution in [0.1, 0.15) is 5.89 Å². The van der Waals surface area contributed by atoms with Gasteiger partial charge in [0, 0.05) is 24.8 Å². The van der Waals surface area contributed by atoms with E-state index in [0.29, 0.717) is 23.0 Å². The molecular formula is C16H13N3O6S. The second-order valence-corrected chi connectivity index (χ2v) is 7.44. The van der Waals surface area contributed by atoms with E-state index in [0.717, 1.165) is 12.3 Å². The SMILES string of the molecule is Cc1nc(-c2ccc(Oc3ccc(S(C)(=O)=O)cc3[N+](=O)[O-])cc2)no1. The lowest BCUT2D eigenvalue weighted by Gasteiger charge is -2.08. The number of ether oxygens (including phenoxy) is 1. The molecule has 0 bridgehead atoms. The maximum Gasteiger partial charge on any atom is 0.312 e. The summed E-state index contributed by atoms with van der Waals surface area (Å²) in [7, 11) is -3.57. The quantitative estimate of drug-likeness (QED) is 0.492. The van der Waals surface area contributed by atoms with E-state index < -0.39 is 20.4 Å². The van der Waals surface area contributed by atoms with Crippen LogP contribution >= 0.6 is 0 Å². The lowest BCUT2D eigenvalue weighted by molar-refractivity contribution is -0.385. The number of aryl methyl sites for hydroxylation is 1. The van der Waals surface area contributed by atoms with Gasteiger partial charge in [0.1, 0.15) is 5.75 Å². The molecule has 3 aromatic rings. The van der Waals surface area contributed by atoms with Gasteiger partial charge in [-0.3, -0.25) is 10.1 Å². The molecule has 0 fully saturated rings. The lowest BCUT2D eigenvalue weighted by Crippen LogP contribution is -2.00. The van der Waals surface area contributed by atoms with Gasteiger partial charge in [-0.1, -0.05) is 5.16 Å². The fourth-order valence-electron chi connectivity index (χ4n) is 2.17. The zero-order chi connectivity index (χ0) is 18.9. The molecule has 9 nitrogen and oxygen atoms in total. The van der Waals surface area contributed by atoms with Gasteiger partial charge in [-0.15, -0.1) is 0 Å². The summed E-state index contributed by atoms with van der Waals surface area (Å²) in [6, 6.07) is 10.0. The highest BCUT2D eigenvalue weighted by Crippen LogP contribution is 2.34. The average molecular weight is 375 g/mol. The highest BCUT2D eigenvalue weighted by molar-refractivity contribution is 7.90. The minimum Gasteiger partial charge on any atom is -0.450 e. The van der Waals surface area contributed by atoms with Gasteiger partial charge in [0.05, 0.1) is 9.82 Å². The zero-order valence-corrected chi connectivity index (χ0v) is 14.6. The highest BCUT2D eigenvalue weighted by Gasteiger charge is 2.20. The Balaban J connectivity index is 1.90. The molecule has 0 radical (unpaired) electrons. The van der Waals surface area contributed by atoms with E-state index in [1.54, 1.807) is 31.2 Å². The number of rotatable bonds is 5. The van der Waals surface area contributed by atoms with Crippen molar-refractivity contribution in [1.29, 1.82) is 0 Å². The van der Waals surface area contributed by atoms with Crippen LogP contribution in [0.25, 0.3) is 11.4 Å². The van der Waals surface area contributed by atoms with Crippen molar-refractivity contribution in [2.75, 3.05) is 6.26 Å². The first-order chi connectivity index (χ1) is 12.2. The van der Waals surface area contributed by atoms with Crippen LogP contribution in [0.4, 0.5) is 5.69 Å². The van der Waals surface area contributed by atoms with Crippen molar-refractivity contribution in [1.82, 2.24) is 10.1 Å². The molecule has 0 amide bonds. The number of nitro groups is 1. The van der Waals surface area contributed by atoms with E-state index >= 15 is 0 Å².